The lowest BCUT2D eigenvalue weighted by molar-refractivity contribution is 0.0897. The van der Waals surface area contributed by atoms with Crippen molar-refractivity contribution in [2.45, 2.75) is 12.8 Å². The number of anilines is 1. The van der Waals surface area contributed by atoms with Crippen molar-refractivity contribution in [2.75, 3.05) is 18.0 Å². The van der Waals surface area contributed by atoms with Gasteiger partial charge in [-0.2, -0.15) is 0 Å². The number of hydrogen-bond donors (Lipinski definition) is 1. The Bertz CT molecular complexity index is 986. The highest BCUT2D eigenvalue weighted by molar-refractivity contribution is 6.30. The van der Waals surface area contributed by atoms with E-state index in [1.807, 2.05) is 24.3 Å². The number of ketones is 1. The molecule has 5 nitrogen and oxygen atoms in total. The van der Waals surface area contributed by atoms with E-state index in [9.17, 15) is 9.90 Å². The molecule has 1 aliphatic rings. The zero-order valence-corrected chi connectivity index (χ0v) is 16.0. The first-order chi connectivity index (χ1) is 13.6. The first-order valence-corrected chi connectivity index (χ1v) is 9.65. The minimum absolute atomic E-state index is 0.0104. The Balaban J connectivity index is 1.47. The van der Waals surface area contributed by atoms with Crippen molar-refractivity contribution in [1.82, 2.24) is 9.97 Å². The molecule has 1 aromatic heterocycles. The second-order valence-electron chi connectivity index (χ2n) is 6.92. The number of aromatic nitrogens is 2. The van der Waals surface area contributed by atoms with E-state index in [1.54, 1.807) is 36.7 Å². The number of benzene rings is 2. The van der Waals surface area contributed by atoms with Crippen LogP contribution in [0.2, 0.25) is 5.02 Å². The summed E-state index contributed by atoms with van der Waals surface area (Å²) in [4.78, 5) is 23.6. The Kier molecular flexibility index (Phi) is 5.26. The van der Waals surface area contributed by atoms with Crippen LogP contribution in [0.4, 0.5) is 5.95 Å². The largest absolute Gasteiger partial charge is 0.507 e. The summed E-state index contributed by atoms with van der Waals surface area (Å²) in [5, 5.41) is 11.1. The lowest BCUT2D eigenvalue weighted by atomic mass is 9.88. The van der Waals surface area contributed by atoms with E-state index in [2.05, 4.69) is 14.9 Å². The molecule has 1 fully saturated rings. The van der Waals surface area contributed by atoms with Crippen molar-refractivity contribution in [3.63, 3.8) is 0 Å². The van der Waals surface area contributed by atoms with Crippen LogP contribution in [-0.4, -0.2) is 33.9 Å². The van der Waals surface area contributed by atoms with Gasteiger partial charge in [-0.1, -0.05) is 29.8 Å². The summed E-state index contributed by atoms with van der Waals surface area (Å²) in [6.45, 7) is 1.45. The van der Waals surface area contributed by atoms with Crippen molar-refractivity contribution in [3.8, 4) is 16.9 Å². The number of rotatable bonds is 4. The molecule has 0 unspecified atom stereocenters. The Morgan fingerprint density at radius 2 is 1.71 bits per heavy atom. The van der Waals surface area contributed by atoms with Gasteiger partial charge in [0.15, 0.2) is 5.78 Å². The number of halogens is 1. The molecule has 28 heavy (non-hydrogen) atoms. The lowest BCUT2D eigenvalue weighted by Gasteiger charge is -2.31. The maximum absolute atomic E-state index is 12.9. The SMILES string of the molecule is O=C(c1ccc(-c2cccc(Cl)c2)cc1O)C1CCN(c2ncccn2)CC1. The van der Waals surface area contributed by atoms with Crippen LogP contribution in [0.3, 0.4) is 0 Å². The van der Waals surface area contributed by atoms with Crippen molar-refractivity contribution in [2.24, 2.45) is 5.92 Å². The fourth-order valence-corrected chi connectivity index (χ4v) is 3.79. The Labute approximate surface area is 168 Å². The number of carbonyl (C=O) groups excluding carboxylic acids is 1. The molecule has 0 spiro atoms. The van der Waals surface area contributed by atoms with Gasteiger partial charge in [0, 0.05) is 36.4 Å². The number of hydrogen-bond acceptors (Lipinski definition) is 5. The van der Waals surface area contributed by atoms with Gasteiger partial charge in [0.2, 0.25) is 5.95 Å². The van der Waals surface area contributed by atoms with Crippen LogP contribution >= 0.6 is 11.6 Å². The molecule has 0 radical (unpaired) electrons. The minimum atomic E-state index is -0.108. The molecule has 2 aromatic carbocycles. The second kappa shape index (κ2) is 7.98. The van der Waals surface area contributed by atoms with Gasteiger partial charge in [-0.15, -0.1) is 0 Å². The molecule has 0 aliphatic carbocycles. The van der Waals surface area contributed by atoms with Crippen molar-refractivity contribution < 1.29 is 9.90 Å². The molecule has 1 aliphatic heterocycles. The quantitative estimate of drug-likeness (QED) is 0.656. The van der Waals surface area contributed by atoms with E-state index >= 15 is 0 Å². The molecule has 3 aromatic rings. The summed E-state index contributed by atoms with van der Waals surface area (Å²) < 4.78 is 0. The second-order valence-corrected chi connectivity index (χ2v) is 7.35. The minimum Gasteiger partial charge on any atom is -0.507 e. The number of phenols is 1. The van der Waals surface area contributed by atoms with Crippen LogP contribution in [0.25, 0.3) is 11.1 Å². The number of phenolic OH excluding ortho intramolecular Hbond substituents is 1. The lowest BCUT2D eigenvalue weighted by Crippen LogP contribution is -2.37. The maximum atomic E-state index is 12.9. The fraction of sp³-hybridized carbons (Fsp3) is 0.227. The number of aromatic hydroxyl groups is 1. The fourth-order valence-electron chi connectivity index (χ4n) is 3.60. The van der Waals surface area contributed by atoms with Gasteiger partial charge in [-0.05, 0) is 54.3 Å². The molecule has 2 heterocycles. The zero-order valence-electron chi connectivity index (χ0n) is 15.3. The van der Waals surface area contributed by atoms with E-state index < -0.39 is 0 Å². The van der Waals surface area contributed by atoms with Crippen LogP contribution < -0.4 is 4.90 Å². The molecular formula is C22H20ClN3O2. The Morgan fingerprint density at radius 3 is 2.39 bits per heavy atom. The van der Waals surface area contributed by atoms with Gasteiger partial charge in [0.05, 0.1) is 5.56 Å². The van der Waals surface area contributed by atoms with Gasteiger partial charge in [-0.3, -0.25) is 4.79 Å². The molecule has 1 N–H and O–H groups in total. The van der Waals surface area contributed by atoms with Crippen LogP contribution in [0.5, 0.6) is 5.75 Å². The van der Waals surface area contributed by atoms with E-state index in [0.29, 0.717) is 29.4 Å². The molecule has 1 saturated heterocycles. The number of nitrogens with zero attached hydrogens (tertiary/aromatic N) is 3. The molecule has 0 bridgehead atoms. The molecule has 0 atom stereocenters. The third-order valence-corrected chi connectivity index (χ3v) is 5.36. The van der Waals surface area contributed by atoms with E-state index in [1.165, 1.54) is 0 Å². The van der Waals surface area contributed by atoms with E-state index in [0.717, 1.165) is 24.2 Å². The zero-order chi connectivity index (χ0) is 19.5. The first-order valence-electron chi connectivity index (χ1n) is 9.27. The summed E-state index contributed by atoms with van der Waals surface area (Å²) in [5.41, 5.74) is 2.10. The van der Waals surface area contributed by atoms with Crippen molar-refractivity contribution in [3.05, 3.63) is 71.5 Å². The van der Waals surface area contributed by atoms with Crippen molar-refractivity contribution in [1.29, 1.82) is 0 Å². The van der Waals surface area contributed by atoms with Gasteiger partial charge in [0.25, 0.3) is 0 Å². The van der Waals surface area contributed by atoms with Crippen LogP contribution in [0.15, 0.2) is 60.9 Å². The van der Waals surface area contributed by atoms with Crippen LogP contribution in [0.1, 0.15) is 23.2 Å². The molecule has 0 saturated carbocycles. The topological polar surface area (TPSA) is 66.3 Å². The van der Waals surface area contributed by atoms with Gasteiger partial charge in [-0.25, -0.2) is 9.97 Å². The predicted octanol–water partition coefficient (Wildman–Crippen LogP) is 4.60. The van der Waals surface area contributed by atoms with Gasteiger partial charge < -0.3 is 10.0 Å². The summed E-state index contributed by atoms with van der Waals surface area (Å²) >= 11 is 6.04. The summed E-state index contributed by atoms with van der Waals surface area (Å²) in [5.74, 6) is 0.588. The van der Waals surface area contributed by atoms with E-state index in [-0.39, 0.29) is 17.5 Å². The Hall–Kier alpha value is -2.92. The van der Waals surface area contributed by atoms with Gasteiger partial charge in [0.1, 0.15) is 5.75 Å². The van der Waals surface area contributed by atoms with Crippen molar-refractivity contribution >= 4 is 23.3 Å². The summed E-state index contributed by atoms with van der Waals surface area (Å²) in [6, 6.07) is 14.4. The number of piperidine rings is 1. The third kappa shape index (κ3) is 3.85. The average molecular weight is 394 g/mol. The standard InChI is InChI=1S/C22H20ClN3O2/c23-18-4-1-3-16(13-18)17-5-6-19(20(27)14-17)21(28)15-7-11-26(12-8-15)22-24-9-2-10-25-22/h1-6,9-10,13-15,27H,7-8,11-12H2. The molecular weight excluding hydrogens is 374 g/mol. The molecule has 0 amide bonds. The van der Waals surface area contributed by atoms with E-state index in [4.69, 9.17) is 11.6 Å². The maximum Gasteiger partial charge on any atom is 0.225 e. The highest BCUT2D eigenvalue weighted by Gasteiger charge is 2.28. The average Bonchev–Trinajstić information content (AvgIpc) is 2.74. The predicted molar refractivity (Wildman–Crippen MR) is 110 cm³/mol. The molecule has 142 valence electrons. The summed E-state index contributed by atoms with van der Waals surface area (Å²) in [6.07, 6.45) is 4.87. The number of Topliss-reactive ketones (excluding diaryl/α,β-unsaturated/α-hetero) is 1. The van der Waals surface area contributed by atoms with Crippen LogP contribution in [0, 0.1) is 5.92 Å². The molecule has 6 heteroatoms. The van der Waals surface area contributed by atoms with Gasteiger partial charge >= 0.3 is 0 Å². The highest BCUT2D eigenvalue weighted by Crippen LogP contribution is 2.31. The molecule has 4 rings (SSSR count). The van der Waals surface area contributed by atoms with Crippen LogP contribution in [-0.2, 0) is 0 Å². The first kappa shape index (κ1) is 18.4. The monoisotopic (exact) mass is 393 g/mol. The number of carbonyl (C=O) groups is 1. The Morgan fingerprint density at radius 1 is 1.00 bits per heavy atom. The third-order valence-electron chi connectivity index (χ3n) is 5.12. The smallest absolute Gasteiger partial charge is 0.225 e. The highest BCUT2D eigenvalue weighted by atomic mass is 35.5. The summed E-state index contributed by atoms with van der Waals surface area (Å²) in [7, 11) is 0. The normalized spacial score (nSPS) is 14.8.